The number of aliphatic hydroxyl groups is 1. The van der Waals surface area contributed by atoms with Gasteiger partial charge in [-0.05, 0) is 48.4 Å². The average Bonchev–Trinajstić information content (AvgIpc) is 3.30. The third-order valence-electron chi connectivity index (χ3n) is 4.75. The normalized spacial score (nSPS) is 19.9. The predicted octanol–water partition coefficient (Wildman–Crippen LogP) is 4.08. The largest absolute Gasteiger partial charge is 0.573 e. The van der Waals surface area contributed by atoms with E-state index in [1.54, 1.807) is 12.1 Å². The molecule has 0 spiro atoms. The van der Waals surface area contributed by atoms with Gasteiger partial charge in [0.15, 0.2) is 0 Å². The smallest absolute Gasteiger partial charge is 0.406 e. The van der Waals surface area contributed by atoms with Gasteiger partial charge in [0.25, 0.3) is 0 Å². The van der Waals surface area contributed by atoms with Gasteiger partial charge in [-0.3, -0.25) is 4.90 Å². The third kappa shape index (κ3) is 4.77. The van der Waals surface area contributed by atoms with Crippen LogP contribution in [0.5, 0.6) is 5.75 Å². The summed E-state index contributed by atoms with van der Waals surface area (Å²) in [5.74, 6) is -0.171. The van der Waals surface area contributed by atoms with E-state index in [1.165, 1.54) is 36.4 Å². The van der Waals surface area contributed by atoms with Crippen LogP contribution in [0.15, 0.2) is 53.1 Å². The van der Waals surface area contributed by atoms with Gasteiger partial charge >= 0.3 is 6.36 Å². The van der Waals surface area contributed by atoms with E-state index in [0.29, 0.717) is 31.0 Å². The number of ether oxygens (including phenoxy) is 1. The van der Waals surface area contributed by atoms with E-state index in [2.05, 4.69) is 14.9 Å². The summed E-state index contributed by atoms with van der Waals surface area (Å²) in [5, 5.41) is 14.0. The standard InChI is InChI=1S/C20H17F4N3O3/c21-14-5-1-12(2-6-14)10-27-11-15(28)9-17(27)19-25-18(26-30-19)13-3-7-16(8-4-13)29-20(22,23)24/h1-8,15,17,28H,9-11H2/t15-,17+/m1/s1. The van der Waals surface area contributed by atoms with Crippen molar-refractivity contribution in [3.63, 3.8) is 0 Å². The van der Waals surface area contributed by atoms with Crippen molar-refractivity contribution >= 4 is 0 Å². The third-order valence-corrected chi connectivity index (χ3v) is 4.75. The Balaban J connectivity index is 1.49. The van der Waals surface area contributed by atoms with E-state index < -0.39 is 12.5 Å². The van der Waals surface area contributed by atoms with Gasteiger partial charge in [-0.15, -0.1) is 13.2 Å². The Hall–Kier alpha value is -2.98. The van der Waals surface area contributed by atoms with Crippen molar-refractivity contribution in [3.05, 3.63) is 65.8 Å². The minimum atomic E-state index is -4.77. The number of halogens is 4. The van der Waals surface area contributed by atoms with Crippen LogP contribution in [0.4, 0.5) is 17.6 Å². The number of aliphatic hydroxyl groups excluding tert-OH is 1. The fourth-order valence-corrected chi connectivity index (χ4v) is 3.43. The lowest BCUT2D eigenvalue weighted by molar-refractivity contribution is -0.274. The van der Waals surface area contributed by atoms with Gasteiger partial charge in [0, 0.05) is 18.7 Å². The molecule has 3 aromatic rings. The average molecular weight is 423 g/mol. The van der Waals surface area contributed by atoms with Crippen molar-refractivity contribution in [3.8, 4) is 17.1 Å². The number of alkyl halides is 3. The molecule has 0 radical (unpaired) electrons. The molecule has 10 heteroatoms. The Bertz CT molecular complexity index is 990. The fourth-order valence-electron chi connectivity index (χ4n) is 3.43. The van der Waals surface area contributed by atoms with Crippen LogP contribution in [0.25, 0.3) is 11.4 Å². The number of likely N-dealkylation sites (tertiary alicyclic amines) is 1. The molecule has 1 saturated heterocycles. The highest BCUT2D eigenvalue weighted by Crippen LogP contribution is 2.34. The number of aromatic nitrogens is 2. The molecule has 2 atom stereocenters. The maximum atomic E-state index is 13.1. The molecule has 1 N–H and O–H groups in total. The van der Waals surface area contributed by atoms with Crippen LogP contribution >= 0.6 is 0 Å². The molecule has 4 rings (SSSR count). The van der Waals surface area contributed by atoms with Gasteiger partial charge in [-0.25, -0.2) is 4.39 Å². The van der Waals surface area contributed by atoms with E-state index in [0.717, 1.165) is 5.56 Å². The van der Waals surface area contributed by atoms with Crippen LogP contribution in [0.1, 0.15) is 23.9 Å². The second-order valence-electron chi connectivity index (χ2n) is 6.99. The van der Waals surface area contributed by atoms with E-state index in [9.17, 15) is 22.7 Å². The summed E-state index contributed by atoms with van der Waals surface area (Å²) in [5.41, 5.74) is 1.33. The molecule has 2 heterocycles. The van der Waals surface area contributed by atoms with E-state index >= 15 is 0 Å². The minimum Gasteiger partial charge on any atom is -0.406 e. The Morgan fingerprint density at radius 2 is 1.80 bits per heavy atom. The van der Waals surface area contributed by atoms with Gasteiger partial charge in [0.05, 0.1) is 12.1 Å². The zero-order valence-corrected chi connectivity index (χ0v) is 15.5. The maximum Gasteiger partial charge on any atom is 0.573 e. The number of β-amino-alcohol motifs (C(OH)–C–C–N with tert-alkyl or cyclic N) is 1. The second-order valence-corrected chi connectivity index (χ2v) is 6.99. The summed E-state index contributed by atoms with van der Waals surface area (Å²) in [7, 11) is 0. The summed E-state index contributed by atoms with van der Waals surface area (Å²) in [4.78, 5) is 6.31. The van der Waals surface area contributed by atoms with Crippen LogP contribution in [0.2, 0.25) is 0 Å². The Kier molecular flexibility index (Phi) is 5.44. The van der Waals surface area contributed by atoms with Crippen molar-refractivity contribution in [2.75, 3.05) is 6.54 Å². The lowest BCUT2D eigenvalue weighted by Crippen LogP contribution is -2.24. The van der Waals surface area contributed by atoms with Crippen LogP contribution < -0.4 is 4.74 Å². The molecule has 158 valence electrons. The molecule has 1 aliphatic heterocycles. The highest BCUT2D eigenvalue weighted by molar-refractivity contribution is 5.55. The first-order valence-corrected chi connectivity index (χ1v) is 9.13. The van der Waals surface area contributed by atoms with Crippen molar-refractivity contribution in [2.45, 2.75) is 31.5 Å². The summed E-state index contributed by atoms with van der Waals surface area (Å²) in [6.07, 6.45) is -4.95. The zero-order chi connectivity index (χ0) is 21.3. The van der Waals surface area contributed by atoms with Gasteiger partial charge in [-0.1, -0.05) is 17.3 Å². The summed E-state index contributed by atoms with van der Waals surface area (Å²) < 4.78 is 59.2. The molecular formula is C20H17F4N3O3. The van der Waals surface area contributed by atoms with Gasteiger partial charge in [0.1, 0.15) is 11.6 Å². The van der Waals surface area contributed by atoms with Crippen LogP contribution in [-0.4, -0.2) is 39.2 Å². The highest BCUT2D eigenvalue weighted by Gasteiger charge is 2.36. The number of hydrogen-bond donors (Lipinski definition) is 1. The summed E-state index contributed by atoms with van der Waals surface area (Å²) >= 11 is 0. The molecule has 1 fully saturated rings. The zero-order valence-electron chi connectivity index (χ0n) is 15.5. The van der Waals surface area contributed by atoms with Crippen LogP contribution in [-0.2, 0) is 6.54 Å². The molecule has 1 aliphatic rings. The molecule has 1 aromatic heterocycles. The van der Waals surface area contributed by atoms with E-state index in [4.69, 9.17) is 4.52 Å². The first-order valence-electron chi connectivity index (χ1n) is 9.13. The van der Waals surface area contributed by atoms with Crippen LogP contribution in [0, 0.1) is 5.82 Å². The van der Waals surface area contributed by atoms with Crippen molar-refractivity contribution in [1.29, 1.82) is 0 Å². The van der Waals surface area contributed by atoms with Crippen molar-refractivity contribution < 1.29 is 31.9 Å². The molecule has 2 aromatic carbocycles. The minimum absolute atomic E-state index is 0.215. The fraction of sp³-hybridized carbons (Fsp3) is 0.300. The monoisotopic (exact) mass is 423 g/mol. The Morgan fingerprint density at radius 1 is 1.10 bits per heavy atom. The van der Waals surface area contributed by atoms with E-state index in [-0.39, 0.29) is 23.4 Å². The number of benzene rings is 2. The first kappa shape index (κ1) is 20.3. The number of hydrogen-bond acceptors (Lipinski definition) is 6. The quantitative estimate of drug-likeness (QED) is 0.624. The summed E-state index contributed by atoms with van der Waals surface area (Å²) in [6, 6.07) is 10.9. The summed E-state index contributed by atoms with van der Waals surface area (Å²) in [6.45, 7) is 0.854. The number of nitrogens with zero attached hydrogens (tertiary/aromatic N) is 3. The molecular weight excluding hydrogens is 406 g/mol. The first-order chi connectivity index (χ1) is 14.3. The topological polar surface area (TPSA) is 71.6 Å². The molecule has 0 aliphatic carbocycles. The Morgan fingerprint density at radius 3 is 2.47 bits per heavy atom. The molecule has 0 saturated carbocycles. The van der Waals surface area contributed by atoms with Gasteiger partial charge in [-0.2, -0.15) is 4.98 Å². The van der Waals surface area contributed by atoms with Crippen molar-refractivity contribution in [1.82, 2.24) is 15.0 Å². The van der Waals surface area contributed by atoms with Gasteiger partial charge < -0.3 is 14.4 Å². The van der Waals surface area contributed by atoms with Gasteiger partial charge in [0.2, 0.25) is 11.7 Å². The van der Waals surface area contributed by atoms with E-state index in [1.807, 2.05) is 4.90 Å². The maximum absolute atomic E-state index is 13.1. The number of rotatable bonds is 5. The lowest BCUT2D eigenvalue weighted by atomic mass is 10.1. The molecule has 0 unspecified atom stereocenters. The van der Waals surface area contributed by atoms with Crippen molar-refractivity contribution in [2.24, 2.45) is 0 Å². The highest BCUT2D eigenvalue weighted by atomic mass is 19.4. The Labute approximate surface area is 168 Å². The van der Waals surface area contributed by atoms with Crippen LogP contribution in [0.3, 0.4) is 0 Å². The molecule has 0 bridgehead atoms. The molecule has 6 nitrogen and oxygen atoms in total. The lowest BCUT2D eigenvalue weighted by Gasteiger charge is -2.21. The molecule has 30 heavy (non-hydrogen) atoms. The second kappa shape index (κ2) is 8.04. The SMILES string of the molecule is O[C@@H]1C[C@@H](c2nc(-c3ccc(OC(F)(F)F)cc3)no2)N(Cc2ccc(F)cc2)C1. The molecule has 0 amide bonds. The predicted molar refractivity (Wildman–Crippen MR) is 96.6 cm³/mol.